The normalized spacial score (nSPS) is 11.0. The van der Waals surface area contributed by atoms with E-state index in [1.54, 1.807) is 0 Å². The van der Waals surface area contributed by atoms with Crippen LogP contribution < -0.4 is 0 Å². The van der Waals surface area contributed by atoms with Crippen molar-refractivity contribution in [2.45, 2.75) is 0 Å². The molecule has 0 aliphatic carbocycles. The van der Waals surface area contributed by atoms with E-state index in [0.29, 0.717) is 0 Å². The number of rotatable bonds is 3. The van der Waals surface area contributed by atoms with Crippen LogP contribution in [-0.4, -0.2) is 15.8 Å². The summed E-state index contributed by atoms with van der Waals surface area (Å²) in [5.74, 6) is -1.11. The second-order valence-electron chi connectivity index (χ2n) is 2.33. The van der Waals surface area contributed by atoms with E-state index in [-0.39, 0.29) is 11.3 Å². The van der Waals surface area contributed by atoms with Crippen molar-refractivity contribution >= 4 is 19.4 Å². The average molecular weight is 218 g/mol. The maximum atomic E-state index is 11.0. The molecule has 0 aliphatic heterocycles. The lowest BCUT2D eigenvalue weighted by molar-refractivity contribution is -0.129. The van der Waals surface area contributed by atoms with Gasteiger partial charge in [-0.25, -0.2) is 9.36 Å². The van der Waals surface area contributed by atoms with Crippen molar-refractivity contribution in [1.29, 1.82) is 0 Å². The molecule has 0 unspecified atom stereocenters. The molecular formula is C7H7O6P. The van der Waals surface area contributed by atoms with Crippen LogP contribution in [0.5, 0.6) is 0 Å². The van der Waals surface area contributed by atoms with Crippen LogP contribution in [-0.2, 0) is 13.9 Å². The first-order valence-electron chi connectivity index (χ1n) is 3.42. The SMILES string of the molecule is C=C(C(=O)OP(=O)(O)O)c1ccco1. The molecule has 0 spiro atoms. The van der Waals surface area contributed by atoms with Crippen molar-refractivity contribution in [2.24, 2.45) is 0 Å². The number of phosphoric ester groups is 1. The molecule has 1 aromatic heterocycles. The second kappa shape index (κ2) is 3.79. The van der Waals surface area contributed by atoms with Crippen LogP contribution in [0.4, 0.5) is 0 Å². The van der Waals surface area contributed by atoms with Crippen LogP contribution in [0.1, 0.15) is 5.76 Å². The molecule has 0 amide bonds. The van der Waals surface area contributed by atoms with Crippen LogP contribution in [0.25, 0.3) is 5.57 Å². The van der Waals surface area contributed by atoms with Crippen molar-refractivity contribution in [3.05, 3.63) is 30.7 Å². The number of hydrogen-bond donors (Lipinski definition) is 2. The third-order valence-electron chi connectivity index (χ3n) is 1.27. The van der Waals surface area contributed by atoms with Gasteiger partial charge < -0.3 is 8.94 Å². The molecule has 0 fully saturated rings. The van der Waals surface area contributed by atoms with Crippen molar-refractivity contribution in [3.63, 3.8) is 0 Å². The Morgan fingerprint density at radius 2 is 2.21 bits per heavy atom. The van der Waals surface area contributed by atoms with Crippen LogP contribution in [0.2, 0.25) is 0 Å². The molecule has 0 saturated heterocycles. The summed E-state index contributed by atoms with van der Waals surface area (Å²) in [4.78, 5) is 27.6. The van der Waals surface area contributed by atoms with E-state index in [1.165, 1.54) is 18.4 Å². The minimum Gasteiger partial charge on any atom is -0.464 e. The van der Waals surface area contributed by atoms with Crippen molar-refractivity contribution in [2.75, 3.05) is 0 Å². The minimum atomic E-state index is -4.83. The van der Waals surface area contributed by atoms with Gasteiger partial charge in [0.1, 0.15) is 5.76 Å². The van der Waals surface area contributed by atoms with Gasteiger partial charge in [-0.1, -0.05) is 6.58 Å². The fraction of sp³-hybridized carbons (Fsp3) is 0. The summed E-state index contributed by atoms with van der Waals surface area (Å²) in [6.45, 7) is 3.27. The Hall–Kier alpha value is -1.36. The van der Waals surface area contributed by atoms with Gasteiger partial charge in [-0.3, -0.25) is 9.79 Å². The van der Waals surface area contributed by atoms with Gasteiger partial charge in [0.05, 0.1) is 11.8 Å². The zero-order valence-electron chi connectivity index (χ0n) is 6.91. The van der Waals surface area contributed by atoms with E-state index in [2.05, 4.69) is 11.1 Å². The van der Waals surface area contributed by atoms with E-state index in [4.69, 9.17) is 14.2 Å². The topological polar surface area (TPSA) is 97.0 Å². The first-order chi connectivity index (χ1) is 6.40. The predicted molar refractivity (Wildman–Crippen MR) is 45.9 cm³/mol. The highest BCUT2D eigenvalue weighted by Crippen LogP contribution is 2.37. The lowest BCUT2D eigenvalue weighted by Gasteiger charge is -2.04. The van der Waals surface area contributed by atoms with Gasteiger partial charge in [0.15, 0.2) is 0 Å². The zero-order chi connectivity index (χ0) is 10.8. The predicted octanol–water partition coefficient (Wildman–Crippen LogP) is 0.929. The molecule has 76 valence electrons. The number of phosphoric acid groups is 1. The number of furan rings is 1. The van der Waals surface area contributed by atoms with E-state index < -0.39 is 13.8 Å². The highest BCUT2D eigenvalue weighted by molar-refractivity contribution is 7.47. The van der Waals surface area contributed by atoms with E-state index in [1.807, 2.05) is 0 Å². The molecule has 1 heterocycles. The summed E-state index contributed by atoms with van der Waals surface area (Å²) < 4.78 is 18.9. The maximum Gasteiger partial charge on any atom is 0.527 e. The zero-order valence-corrected chi connectivity index (χ0v) is 7.81. The van der Waals surface area contributed by atoms with Gasteiger partial charge in [-0.15, -0.1) is 0 Å². The highest BCUT2D eigenvalue weighted by Gasteiger charge is 2.24. The third kappa shape index (κ3) is 2.85. The van der Waals surface area contributed by atoms with Gasteiger partial charge in [-0.05, 0) is 12.1 Å². The Morgan fingerprint density at radius 3 is 2.64 bits per heavy atom. The molecule has 2 N–H and O–H groups in total. The third-order valence-corrected chi connectivity index (χ3v) is 1.67. The molecule has 14 heavy (non-hydrogen) atoms. The highest BCUT2D eigenvalue weighted by atomic mass is 31.2. The molecular weight excluding hydrogens is 211 g/mol. The average Bonchev–Trinajstić information content (AvgIpc) is 2.51. The van der Waals surface area contributed by atoms with Gasteiger partial charge >= 0.3 is 13.8 Å². The molecule has 6 nitrogen and oxygen atoms in total. The van der Waals surface area contributed by atoms with E-state index in [0.717, 1.165) is 0 Å². The van der Waals surface area contributed by atoms with E-state index in [9.17, 15) is 9.36 Å². The molecule has 0 aromatic carbocycles. The summed E-state index contributed by atoms with van der Waals surface area (Å²) in [6, 6.07) is 2.93. The Kier molecular flexibility index (Phi) is 2.90. The summed E-state index contributed by atoms with van der Waals surface area (Å²) in [5, 5.41) is 0. The molecule has 0 saturated carbocycles. The lowest BCUT2D eigenvalue weighted by Crippen LogP contribution is -2.03. The van der Waals surface area contributed by atoms with Crippen LogP contribution in [0.15, 0.2) is 29.4 Å². The summed E-state index contributed by atoms with van der Waals surface area (Å²) in [5.41, 5.74) is -0.252. The molecule has 1 rings (SSSR count). The minimum absolute atomic E-state index is 0.100. The second-order valence-corrected chi connectivity index (χ2v) is 3.49. The Bertz CT molecular complexity index is 386. The number of carbonyl (C=O) groups is 1. The Labute approximate surface area is 79.0 Å². The summed E-state index contributed by atoms with van der Waals surface area (Å²) in [7, 11) is -4.83. The molecule has 0 atom stereocenters. The molecule has 0 bridgehead atoms. The number of hydrogen-bond acceptors (Lipinski definition) is 4. The summed E-state index contributed by atoms with van der Waals surface area (Å²) in [6.07, 6.45) is 1.30. The molecule has 1 aromatic rings. The van der Waals surface area contributed by atoms with Gasteiger partial charge in [0.25, 0.3) is 0 Å². The molecule has 0 aliphatic rings. The van der Waals surface area contributed by atoms with Crippen LogP contribution in [0.3, 0.4) is 0 Å². The van der Waals surface area contributed by atoms with Crippen LogP contribution >= 0.6 is 7.82 Å². The Morgan fingerprint density at radius 1 is 1.57 bits per heavy atom. The number of carbonyl (C=O) groups excluding carboxylic acids is 1. The monoisotopic (exact) mass is 218 g/mol. The van der Waals surface area contributed by atoms with Crippen molar-refractivity contribution in [3.8, 4) is 0 Å². The summed E-state index contributed by atoms with van der Waals surface area (Å²) >= 11 is 0. The Balaban J connectivity index is 2.73. The first kappa shape index (κ1) is 10.7. The van der Waals surface area contributed by atoms with Crippen LogP contribution in [0, 0.1) is 0 Å². The van der Waals surface area contributed by atoms with E-state index >= 15 is 0 Å². The van der Waals surface area contributed by atoms with Gasteiger partial charge in [0, 0.05) is 0 Å². The fourth-order valence-corrected chi connectivity index (χ4v) is 1.04. The molecule has 7 heteroatoms. The lowest BCUT2D eigenvalue weighted by atomic mass is 10.2. The maximum absolute atomic E-state index is 11.0. The van der Waals surface area contributed by atoms with Crippen molar-refractivity contribution < 1.29 is 28.1 Å². The van der Waals surface area contributed by atoms with Gasteiger partial charge in [0.2, 0.25) is 0 Å². The largest absolute Gasteiger partial charge is 0.527 e. The standard InChI is InChI=1S/C7H7O6P/c1-5(6-3-2-4-12-6)7(8)13-14(9,10)11/h2-4H,1H2,(H2,9,10,11). The quantitative estimate of drug-likeness (QED) is 0.578. The first-order valence-corrected chi connectivity index (χ1v) is 4.95. The van der Waals surface area contributed by atoms with Crippen molar-refractivity contribution in [1.82, 2.24) is 0 Å². The fourth-order valence-electron chi connectivity index (χ4n) is 0.714. The smallest absolute Gasteiger partial charge is 0.464 e. The van der Waals surface area contributed by atoms with Gasteiger partial charge in [-0.2, -0.15) is 0 Å². The molecule has 0 radical (unpaired) electrons.